The number of ketones is 1. The van der Waals surface area contributed by atoms with Gasteiger partial charge in [-0.3, -0.25) is 24.8 Å². The molecule has 1 aromatic carbocycles. The van der Waals surface area contributed by atoms with Gasteiger partial charge in [-0.05, 0) is 47.6 Å². The highest BCUT2D eigenvalue weighted by Crippen LogP contribution is 2.27. The lowest BCUT2D eigenvalue weighted by atomic mass is 9.84. The van der Waals surface area contributed by atoms with E-state index in [1.54, 1.807) is 0 Å². The molecule has 8 heteroatoms. The van der Waals surface area contributed by atoms with E-state index < -0.39 is 12.0 Å². The highest BCUT2D eigenvalue weighted by atomic mass is 16.4. The fourth-order valence-corrected chi connectivity index (χ4v) is 5.35. The number of hydrogen-bond donors (Lipinski definition) is 2. The quantitative estimate of drug-likeness (QED) is 0.484. The molecule has 38 heavy (non-hydrogen) atoms. The van der Waals surface area contributed by atoms with Crippen LogP contribution in [0.5, 0.6) is 0 Å². The van der Waals surface area contributed by atoms with Crippen molar-refractivity contribution >= 4 is 17.6 Å². The molecule has 1 aromatic heterocycles. The van der Waals surface area contributed by atoms with Crippen molar-refractivity contribution in [3.63, 3.8) is 0 Å². The molecule has 0 saturated carbocycles. The van der Waals surface area contributed by atoms with E-state index in [1.807, 2.05) is 43.0 Å². The number of piperazine rings is 1. The Kier molecular flexibility index (Phi) is 8.33. The fourth-order valence-electron chi connectivity index (χ4n) is 5.35. The van der Waals surface area contributed by atoms with Gasteiger partial charge in [-0.2, -0.15) is 0 Å². The molecule has 0 aliphatic carbocycles. The summed E-state index contributed by atoms with van der Waals surface area (Å²) in [5.74, 6) is -0.430. The second-order valence-electron chi connectivity index (χ2n) is 11.5. The number of nitrogens with zero attached hydrogens (tertiary/aromatic N) is 4. The number of carboxylic acid groups (broad SMARTS) is 1. The first-order valence-electron chi connectivity index (χ1n) is 13.7. The zero-order chi connectivity index (χ0) is 27.6. The van der Waals surface area contributed by atoms with Crippen LogP contribution in [0.25, 0.3) is 0 Å². The molecule has 1 fully saturated rings. The summed E-state index contributed by atoms with van der Waals surface area (Å²) in [5, 5.41) is 18.1. The number of carbonyl (C=O) groups excluding carboxylic acids is 1. The number of nitrogens with one attached hydrogen (secondary N) is 1. The van der Waals surface area contributed by atoms with E-state index in [9.17, 15) is 14.7 Å². The summed E-state index contributed by atoms with van der Waals surface area (Å²) in [4.78, 5) is 35.9. The number of aryl methyl sites for hydroxylation is 1. The van der Waals surface area contributed by atoms with Gasteiger partial charge in [0, 0.05) is 56.1 Å². The minimum Gasteiger partial charge on any atom is -0.480 e. The molecular weight excluding hydrogens is 478 g/mol. The van der Waals surface area contributed by atoms with Crippen molar-refractivity contribution in [1.82, 2.24) is 19.7 Å². The van der Waals surface area contributed by atoms with Crippen molar-refractivity contribution in [2.75, 3.05) is 32.7 Å². The SMILES string of the molecule is CCc1ccc2c(n1)C(=N)N(CC(=O)c1cc(CN3CCN(C(CC)C(=O)O)CC3)cc(C(C)(C)C)c1)C2. The summed E-state index contributed by atoms with van der Waals surface area (Å²) in [7, 11) is 0. The molecule has 0 bridgehead atoms. The van der Waals surface area contributed by atoms with Crippen molar-refractivity contribution in [3.8, 4) is 0 Å². The van der Waals surface area contributed by atoms with E-state index in [2.05, 4.69) is 41.6 Å². The molecule has 3 heterocycles. The highest BCUT2D eigenvalue weighted by molar-refractivity contribution is 6.04. The fraction of sp³-hybridized carbons (Fsp3) is 0.533. The first-order valence-corrected chi connectivity index (χ1v) is 13.7. The Morgan fingerprint density at radius 3 is 2.39 bits per heavy atom. The lowest BCUT2D eigenvalue weighted by Crippen LogP contribution is -2.52. The van der Waals surface area contributed by atoms with Gasteiger partial charge in [0.15, 0.2) is 5.78 Å². The van der Waals surface area contributed by atoms with Crippen LogP contribution in [0.3, 0.4) is 0 Å². The lowest BCUT2D eigenvalue weighted by Gasteiger charge is -2.37. The molecule has 2 aliphatic heterocycles. The number of carbonyl (C=O) groups is 2. The number of hydrogen-bond acceptors (Lipinski definition) is 6. The number of rotatable bonds is 9. The number of aromatic nitrogens is 1. The summed E-state index contributed by atoms with van der Waals surface area (Å²) in [5.41, 5.74) is 5.41. The van der Waals surface area contributed by atoms with E-state index in [4.69, 9.17) is 5.41 Å². The summed E-state index contributed by atoms with van der Waals surface area (Å²) in [6.45, 7) is 14.9. The van der Waals surface area contributed by atoms with Gasteiger partial charge in [0.2, 0.25) is 0 Å². The Balaban J connectivity index is 1.48. The van der Waals surface area contributed by atoms with Gasteiger partial charge in [-0.1, -0.05) is 46.8 Å². The van der Waals surface area contributed by atoms with Crippen LogP contribution in [0.15, 0.2) is 30.3 Å². The third kappa shape index (κ3) is 6.13. The molecule has 1 unspecified atom stereocenters. The maximum absolute atomic E-state index is 13.5. The number of amidine groups is 1. The van der Waals surface area contributed by atoms with Gasteiger partial charge >= 0.3 is 5.97 Å². The molecule has 0 radical (unpaired) electrons. The number of Topliss-reactive ketones (excluding diaryl/α,β-unsaturated/α-hetero) is 1. The normalized spacial score (nSPS) is 17.5. The maximum Gasteiger partial charge on any atom is 0.320 e. The minimum absolute atomic E-state index is 0.00249. The standard InChI is InChI=1S/C30H41N5O3/c1-6-24-9-8-21-18-35(28(31)27(21)32-24)19-26(36)22-14-20(15-23(16-22)30(3,4)5)17-33-10-12-34(13-11-33)25(7-2)29(37)38/h8-9,14-16,25,31H,6-7,10-13,17-19H2,1-5H3,(H,37,38). The molecule has 204 valence electrons. The molecule has 8 nitrogen and oxygen atoms in total. The Hall–Kier alpha value is -3.10. The first kappa shape index (κ1) is 27.9. The molecule has 2 aliphatic rings. The van der Waals surface area contributed by atoms with Gasteiger partial charge in [0.25, 0.3) is 0 Å². The number of aliphatic carboxylic acids is 1. The van der Waals surface area contributed by atoms with Crippen molar-refractivity contribution < 1.29 is 14.7 Å². The lowest BCUT2D eigenvalue weighted by molar-refractivity contribution is -0.144. The average Bonchev–Trinajstić information content (AvgIpc) is 3.18. The molecule has 4 rings (SSSR count). The van der Waals surface area contributed by atoms with E-state index in [1.165, 1.54) is 0 Å². The molecule has 2 aromatic rings. The van der Waals surface area contributed by atoms with E-state index in [0.29, 0.717) is 30.1 Å². The van der Waals surface area contributed by atoms with Crippen LogP contribution < -0.4 is 0 Å². The number of fused-ring (bicyclic) bond motifs is 1. The zero-order valence-corrected chi connectivity index (χ0v) is 23.4. The van der Waals surface area contributed by atoms with Gasteiger partial charge in [-0.15, -0.1) is 0 Å². The Bertz CT molecular complexity index is 1210. The number of pyridine rings is 1. The van der Waals surface area contributed by atoms with Crippen molar-refractivity contribution in [1.29, 1.82) is 5.41 Å². The number of carboxylic acids is 1. The van der Waals surface area contributed by atoms with Crippen LogP contribution in [-0.4, -0.2) is 81.1 Å². The predicted molar refractivity (Wildman–Crippen MR) is 149 cm³/mol. The third-order valence-corrected chi connectivity index (χ3v) is 7.74. The minimum atomic E-state index is -0.752. The molecule has 1 saturated heterocycles. The van der Waals surface area contributed by atoms with Gasteiger partial charge in [-0.25, -0.2) is 4.98 Å². The van der Waals surface area contributed by atoms with Crippen LogP contribution in [0.2, 0.25) is 0 Å². The van der Waals surface area contributed by atoms with Crippen LogP contribution in [-0.2, 0) is 29.7 Å². The van der Waals surface area contributed by atoms with Crippen LogP contribution >= 0.6 is 0 Å². The monoisotopic (exact) mass is 519 g/mol. The van der Waals surface area contributed by atoms with E-state index in [0.717, 1.165) is 61.5 Å². The highest BCUT2D eigenvalue weighted by Gasteiger charge is 2.30. The summed E-state index contributed by atoms with van der Waals surface area (Å²) in [6, 6.07) is 9.79. The van der Waals surface area contributed by atoms with Crippen molar-refractivity contribution in [3.05, 3.63) is 64.0 Å². The van der Waals surface area contributed by atoms with E-state index >= 15 is 0 Å². The average molecular weight is 520 g/mol. The van der Waals surface area contributed by atoms with Crippen LogP contribution in [0, 0.1) is 5.41 Å². The van der Waals surface area contributed by atoms with Gasteiger partial charge in [0.05, 0.1) is 6.54 Å². The van der Waals surface area contributed by atoms with Gasteiger partial charge < -0.3 is 10.0 Å². The summed E-state index contributed by atoms with van der Waals surface area (Å²) >= 11 is 0. The van der Waals surface area contributed by atoms with Crippen molar-refractivity contribution in [2.24, 2.45) is 0 Å². The first-order chi connectivity index (χ1) is 18.0. The molecular formula is C30H41N5O3. The second kappa shape index (κ2) is 11.3. The molecule has 0 amide bonds. The summed E-state index contributed by atoms with van der Waals surface area (Å²) < 4.78 is 0. The molecule has 2 N–H and O–H groups in total. The Labute approximate surface area is 226 Å². The van der Waals surface area contributed by atoms with Crippen LogP contribution in [0.1, 0.15) is 79.5 Å². The third-order valence-electron chi connectivity index (χ3n) is 7.74. The summed E-state index contributed by atoms with van der Waals surface area (Å²) in [6.07, 6.45) is 1.42. The van der Waals surface area contributed by atoms with Gasteiger partial charge in [0.1, 0.15) is 17.6 Å². The molecule has 1 atom stereocenters. The largest absolute Gasteiger partial charge is 0.480 e. The molecule has 0 spiro atoms. The zero-order valence-electron chi connectivity index (χ0n) is 23.4. The second-order valence-corrected chi connectivity index (χ2v) is 11.5. The Morgan fingerprint density at radius 2 is 1.79 bits per heavy atom. The Morgan fingerprint density at radius 1 is 1.08 bits per heavy atom. The van der Waals surface area contributed by atoms with Crippen LogP contribution in [0.4, 0.5) is 0 Å². The number of benzene rings is 1. The smallest absolute Gasteiger partial charge is 0.320 e. The van der Waals surface area contributed by atoms with E-state index in [-0.39, 0.29) is 17.7 Å². The predicted octanol–water partition coefficient (Wildman–Crippen LogP) is 3.95. The maximum atomic E-state index is 13.5. The topological polar surface area (TPSA) is 101 Å². The van der Waals surface area contributed by atoms with Crippen molar-refractivity contribution in [2.45, 2.75) is 72.0 Å².